The van der Waals surface area contributed by atoms with Gasteiger partial charge in [-0.15, -0.1) is 0 Å². The monoisotopic (exact) mass is 477 g/mol. The van der Waals surface area contributed by atoms with E-state index in [1.807, 2.05) is 19.1 Å². The van der Waals surface area contributed by atoms with E-state index in [4.69, 9.17) is 23.2 Å². The molecule has 3 aromatic rings. The fourth-order valence-electron chi connectivity index (χ4n) is 4.05. The van der Waals surface area contributed by atoms with E-state index < -0.39 is 0 Å². The van der Waals surface area contributed by atoms with Gasteiger partial charge in [-0.1, -0.05) is 41.4 Å². The number of carbonyl (C=O) groups is 2. The number of aryl methyl sites for hydroxylation is 1. The molecule has 33 heavy (non-hydrogen) atoms. The molecule has 1 N–H and O–H groups in total. The number of nitriles is 1. The van der Waals surface area contributed by atoms with Crippen LogP contribution in [0.1, 0.15) is 50.6 Å². The summed E-state index contributed by atoms with van der Waals surface area (Å²) < 4.78 is 0. The average Bonchev–Trinajstić information content (AvgIpc) is 2.99. The minimum atomic E-state index is -0.320. The van der Waals surface area contributed by atoms with E-state index in [0.29, 0.717) is 46.9 Å². The molecule has 5 nitrogen and oxygen atoms in total. The zero-order valence-electron chi connectivity index (χ0n) is 17.9. The lowest BCUT2D eigenvalue weighted by Gasteiger charge is -2.24. The van der Waals surface area contributed by atoms with Crippen LogP contribution in [0.2, 0.25) is 10.0 Å². The molecule has 0 saturated heterocycles. The molecule has 0 bridgehead atoms. The third-order valence-corrected chi connectivity index (χ3v) is 6.33. The summed E-state index contributed by atoms with van der Waals surface area (Å²) in [5, 5.41) is 13.2. The standard InChI is InChI=1S/C26H21Cl2N3O2/c1-16-5-2-3-7-20(16)25(32)30-23-10-8-17(13-22(23)28)26(33)31-12-4-6-18(15-29)21-14-19(27)9-11-24(21)31/h2-3,5,7-11,13-14,18H,4,6,12H2,1H3,(H,30,32). The van der Waals surface area contributed by atoms with Crippen LogP contribution in [0.5, 0.6) is 0 Å². The second-order valence-electron chi connectivity index (χ2n) is 7.95. The Labute approximate surface area is 202 Å². The third kappa shape index (κ3) is 4.73. The molecule has 3 aromatic carbocycles. The Kier molecular flexibility index (Phi) is 6.69. The third-order valence-electron chi connectivity index (χ3n) is 5.79. The highest BCUT2D eigenvalue weighted by molar-refractivity contribution is 6.34. The minimum Gasteiger partial charge on any atom is -0.321 e. The van der Waals surface area contributed by atoms with Gasteiger partial charge in [0.05, 0.1) is 22.7 Å². The molecule has 0 fully saturated rings. The van der Waals surface area contributed by atoms with E-state index in [9.17, 15) is 14.9 Å². The van der Waals surface area contributed by atoms with Crippen LogP contribution in [0.3, 0.4) is 0 Å². The van der Waals surface area contributed by atoms with Crippen LogP contribution in [-0.2, 0) is 0 Å². The first-order chi connectivity index (χ1) is 15.9. The molecule has 1 aliphatic rings. The lowest BCUT2D eigenvalue weighted by atomic mass is 9.95. The second kappa shape index (κ2) is 9.66. The quantitative estimate of drug-likeness (QED) is 0.461. The first-order valence-electron chi connectivity index (χ1n) is 10.6. The van der Waals surface area contributed by atoms with Crippen molar-refractivity contribution in [3.05, 3.63) is 93.0 Å². The van der Waals surface area contributed by atoms with E-state index in [0.717, 1.165) is 11.1 Å². The number of halogens is 2. The zero-order valence-corrected chi connectivity index (χ0v) is 19.5. The number of amides is 2. The summed E-state index contributed by atoms with van der Waals surface area (Å²) in [5.41, 5.74) is 3.67. The van der Waals surface area contributed by atoms with Gasteiger partial charge in [0.25, 0.3) is 11.8 Å². The maximum Gasteiger partial charge on any atom is 0.258 e. The molecule has 2 amide bonds. The molecule has 0 radical (unpaired) electrons. The van der Waals surface area contributed by atoms with E-state index in [-0.39, 0.29) is 22.8 Å². The maximum absolute atomic E-state index is 13.4. The maximum atomic E-state index is 13.4. The molecule has 7 heteroatoms. The fourth-order valence-corrected chi connectivity index (χ4v) is 4.46. The van der Waals surface area contributed by atoms with Crippen LogP contribution >= 0.6 is 23.2 Å². The Morgan fingerprint density at radius 2 is 1.88 bits per heavy atom. The summed E-state index contributed by atoms with van der Waals surface area (Å²) in [6, 6.07) is 19.7. The Morgan fingerprint density at radius 3 is 2.61 bits per heavy atom. The number of carbonyl (C=O) groups excluding carboxylic acids is 2. The normalized spacial score (nSPS) is 15.2. The zero-order chi connectivity index (χ0) is 23.5. The Bertz CT molecular complexity index is 1280. The smallest absolute Gasteiger partial charge is 0.258 e. The fraction of sp³-hybridized carbons (Fsp3) is 0.192. The summed E-state index contributed by atoms with van der Waals surface area (Å²) in [4.78, 5) is 27.7. The number of anilines is 2. The Hall–Kier alpha value is -3.33. The highest BCUT2D eigenvalue weighted by atomic mass is 35.5. The lowest BCUT2D eigenvalue weighted by Crippen LogP contribution is -2.31. The van der Waals surface area contributed by atoms with Crippen LogP contribution in [0.15, 0.2) is 60.7 Å². The number of rotatable bonds is 3. The van der Waals surface area contributed by atoms with Crippen molar-refractivity contribution in [2.45, 2.75) is 25.7 Å². The molecule has 0 aromatic heterocycles. The number of benzene rings is 3. The van der Waals surface area contributed by atoms with Gasteiger partial charge in [-0.25, -0.2) is 0 Å². The largest absolute Gasteiger partial charge is 0.321 e. The predicted octanol–water partition coefficient (Wildman–Crippen LogP) is 6.60. The SMILES string of the molecule is Cc1ccccc1C(=O)Nc1ccc(C(=O)N2CCCC(C#N)c3cc(Cl)ccc32)cc1Cl. The number of nitrogens with one attached hydrogen (secondary N) is 1. The predicted molar refractivity (Wildman–Crippen MR) is 131 cm³/mol. The molecular formula is C26H21Cl2N3O2. The van der Waals surface area contributed by atoms with Crippen molar-refractivity contribution in [2.24, 2.45) is 0 Å². The van der Waals surface area contributed by atoms with Crippen LogP contribution < -0.4 is 10.2 Å². The first kappa shape index (κ1) is 22.8. The average molecular weight is 478 g/mol. The molecule has 0 spiro atoms. The second-order valence-corrected chi connectivity index (χ2v) is 8.79. The van der Waals surface area contributed by atoms with Crippen molar-refractivity contribution >= 4 is 46.4 Å². The van der Waals surface area contributed by atoms with Gasteiger partial charge in [-0.05, 0) is 73.4 Å². The highest BCUT2D eigenvalue weighted by Crippen LogP contribution is 2.37. The van der Waals surface area contributed by atoms with Crippen molar-refractivity contribution in [3.8, 4) is 6.07 Å². The van der Waals surface area contributed by atoms with Crippen LogP contribution in [0.4, 0.5) is 11.4 Å². The van der Waals surface area contributed by atoms with Crippen molar-refractivity contribution in [3.63, 3.8) is 0 Å². The van der Waals surface area contributed by atoms with E-state index in [1.54, 1.807) is 53.4 Å². The van der Waals surface area contributed by atoms with Crippen LogP contribution in [0, 0.1) is 18.3 Å². The van der Waals surface area contributed by atoms with E-state index >= 15 is 0 Å². The number of hydrogen-bond donors (Lipinski definition) is 1. The number of fused-ring (bicyclic) bond motifs is 1. The van der Waals surface area contributed by atoms with Gasteiger partial charge in [-0.2, -0.15) is 5.26 Å². The molecule has 166 valence electrons. The van der Waals surface area contributed by atoms with Gasteiger partial charge in [0.2, 0.25) is 0 Å². The number of hydrogen-bond acceptors (Lipinski definition) is 3. The van der Waals surface area contributed by atoms with Crippen molar-refractivity contribution in [2.75, 3.05) is 16.8 Å². The molecule has 1 aliphatic heterocycles. The molecule has 1 atom stereocenters. The van der Waals surface area contributed by atoms with Gasteiger partial charge < -0.3 is 10.2 Å². The van der Waals surface area contributed by atoms with Crippen molar-refractivity contribution in [1.82, 2.24) is 0 Å². The van der Waals surface area contributed by atoms with Crippen LogP contribution in [0.25, 0.3) is 0 Å². The van der Waals surface area contributed by atoms with Crippen molar-refractivity contribution < 1.29 is 9.59 Å². The highest BCUT2D eigenvalue weighted by Gasteiger charge is 2.28. The Balaban J connectivity index is 1.61. The van der Waals surface area contributed by atoms with Gasteiger partial charge in [0.1, 0.15) is 0 Å². The minimum absolute atomic E-state index is 0.226. The molecule has 1 unspecified atom stereocenters. The van der Waals surface area contributed by atoms with Crippen LogP contribution in [-0.4, -0.2) is 18.4 Å². The molecule has 1 heterocycles. The van der Waals surface area contributed by atoms with E-state index in [2.05, 4.69) is 11.4 Å². The summed E-state index contributed by atoms with van der Waals surface area (Å²) in [7, 11) is 0. The van der Waals surface area contributed by atoms with E-state index in [1.165, 1.54) is 0 Å². The van der Waals surface area contributed by atoms with Gasteiger partial charge >= 0.3 is 0 Å². The summed E-state index contributed by atoms with van der Waals surface area (Å²) in [6.45, 7) is 2.34. The molecule has 4 rings (SSSR count). The summed E-state index contributed by atoms with van der Waals surface area (Å²) in [6.07, 6.45) is 1.34. The molecule has 0 saturated carbocycles. The van der Waals surface area contributed by atoms with Gasteiger partial charge in [0, 0.05) is 28.4 Å². The first-order valence-corrected chi connectivity index (χ1v) is 11.3. The lowest BCUT2D eigenvalue weighted by molar-refractivity contribution is 0.0985. The topological polar surface area (TPSA) is 73.2 Å². The summed E-state index contributed by atoms with van der Waals surface area (Å²) >= 11 is 12.6. The van der Waals surface area contributed by atoms with Gasteiger partial charge in [0.15, 0.2) is 0 Å². The van der Waals surface area contributed by atoms with Gasteiger partial charge in [-0.3, -0.25) is 9.59 Å². The van der Waals surface area contributed by atoms with Crippen molar-refractivity contribution in [1.29, 1.82) is 5.26 Å². The summed E-state index contributed by atoms with van der Waals surface area (Å²) in [5.74, 6) is -0.815. The number of nitrogens with zero attached hydrogens (tertiary/aromatic N) is 2. The molecule has 0 aliphatic carbocycles. The molecular weight excluding hydrogens is 457 g/mol. The Morgan fingerprint density at radius 1 is 1.09 bits per heavy atom.